The molecule has 0 aromatic heterocycles. The van der Waals surface area contributed by atoms with Gasteiger partial charge in [-0.25, -0.2) is 4.39 Å². The number of halogens is 5. The molecule has 0 saturated heterocycles. The van der Waals surface area contributed by atoms with E-state index in [4.69, 9.17) is 30.5 Å². The standard InChI is InChI=1S/C17H11ClF4O6/c1-24-10-6-8(28-17(20,21)22)2-3-9(10)27-11-7-12-15(26-5-4-25-12)14(19)13(11)16(18)23/h2-3,6-7H,4-5H2,1H3. The third-order valence-electron chi connectivity index (χ3n) is 3.52. The zero-order valence-electron chi connectivity index (χ0n) is 14.1. The van der Waals surface area contributed by atoms with Gasteiger partial charge in [-0.2, -0.15) is 0 Å². The summed E-state index contributed by atoms with van der Waals surface area (Å²) in [6, 6.07) is 4.16. The summed E-state index contributed by atoms with van der Waals surface area (Å²) in [5.74, 6) is -2.55. The quantitative estimate of drug-likeness (QED) is 0.515. The van der Waals surface area contributed by atoms with Crippen molar-refractivity contribution in [1.29, 1.82) is 0 Å². The Bertz CT molecular complexity index is 915. The number of methoxy groups -OCH3 is 1. The minimum absolute atomic E-state index is 0.0172. The lowest BCUT2D eigenvalue weighted by atomic mass is 10.1. The number of fused-ring (bicyclic) bond motifs is 1. The highest BCUT2D eigenvalue weighted by molar-refractivity contribution is 6.68. The average molecular weight is 423 g/mol. The van der Waals surface area contributed by atoms with Crippen molar-refractivity contribution in [3.63, 3.8) is 0 Å². The number of carbonyl (C=O) groups excluding carboxylic acids is 1. The van der Waals surface area contributed by atoms with Crippen LogP contribution in [0.15, 0.2) is 24.3 Å². The fraction of sp³-hybridized carbons (Fsp3) is 0.235. The first kappa shape index (κ1) is 19.9. The van der Waals surface area contributed by atoms with Crippen molar-refractivity contribution in [3.05, 3.63) is 35.6 Å². The molecule has 0 amide bonds. The number of benzene rings is 2. The van der Waals surface area contributed by atoms with Crippen LogP contribution in [-0.2, 0) is 0 Å². The van der Waals surface area contributed by atoms with Crippen LogP contribution in [-0.4, -0.2) is 31.9 Å². The lowest BCUT2D eigenvalue weighted by Crippen LogP contribution is -2.18. The molecule has 3 rings (SSSR count). The summed E-state index contributed by atoms with van der Waals surface area (Å²) < 4.78 is 76.4. The number of rotatable bonds is 5. The van der Waals surface area contributed by atoms with Crippen LogP contribution in [0, 0.1) is 5.82 Å². The van der Waals surface area contributed by atoms with Gasteiger partial charge in [0.25, 0.3) is 5.24 Å². The second kappa shape index (κ2) is 7.63. The molecule has 150 valence electrons. The lowest BCUT2D eigenvalue weighted by Gasteiger charge is -2.21. The minimum Gasteiger partial charge on any atom is -0.493 e. The summed E-state index contributed by atoms with van der Waals surface area (Å²) in [6.45, 7) is 0.224. The summed E-state index contributed by atoms with van der Waals surface area (Å²) in [7, 11) is 1.18. The van der Waals surface area contributed by atoms with Gasteiger partial charge in [-0.05, 0) is 23.7 Å². The van der Waals surface area contributed by atoms with Crippen molar-refractivity contribution in [3.8, 4) is 34.5 Å². The van der Waals surface area contributed by atoms with Gasteiger partial charge in [0.05, 0.1) is 7.11 Å². The molecule has 0 unspecified atom stereocenters. The van der Waals surface area contributed by atoms with E-state index < -0.39 is 28.7 Å². The molecule has 28 heavy (non-hydrogen) atoms. The van der Waals surface area contributed by atoms with Crippen LogP contribution in [0.3, 0.4) is 0 Å². The SMILES string of the molecule is COc1cc(OC(F)(F)F)ccc1Oc1cc2c(c(F)c1C(=O)Cl)OCCO2. The number of carbonyl (C=O) groups is 1. The molecule has 1 aliphatic heterocycles. The number of hydrogen-bond acceptors (Lipinski definition) is 6. The van der Waals surface area contributed by atoms with Crippen LogP contribution in [0.2, 0.25) is 0 Å². The monoisotopic (exact) mass is 422 g/mol. The molecule has 0 bridgehead atoms. The number of hydrogen-bond donors (Lipinski definition) is 0. The van der Waals surface area contributed by atoms with Gasteiger partial charge in [0.2, 0.25) is 0 Å². The third-order valence-corrected chi connectivity index (χ3v) is 3.71. The molecular weight excluding hydrogens is 412 g/mol. The van der Waals surface area contributed by atoms with E-state index in [1.165, 1.54) is 13.2 Å². The summed E-state index contributed by atoms with van der Waals surface area (Å²) >= 11 is 5.46. The molecule has 1 heterocycles. The normalized spacial score (nSPS) is 13.1. The van der Waals surface area contributed by atoms with Crippen molar-refractivity contribution in [2.75, 3.05) is 20.3 Å². The van der Waals surface area contributed by atoms with Crippen LogP contribution >= 0.6 is 11.6 Å². The molecule has 0 aliphatic carbocycles. The Morgan fingerprint density at radius 1 is 1.11 bits per heavy atom. The fourth-order valence-electron chi connectivity index (χ4n) is 2.44. The molecule has 2 aromatic rings. The molecule has 0 atom stereocenters. The number of alkyl halides is 3. The van der Waals surface area contributed by atoms with Crippen LogP contribution in [0.25, 0.3) is 0 Å². The molecule has 0 N–H and O–H groups in total. The Morgan fingerprint density at radius 3 is 2.46 bits per heavy atom. The van der Waals surface area contributed by atoms with Gasteiger partial charge in [0.15, 0.2) is 28.8 Å². The Morgan fingerprint density at radius 2 is 1.82 bits per heavy atom. The molecule has 0 radical (unpaired) electrons. The average Bonchev–Trinajstić information content (AvgIpc) is 2.61. The van der Waals surface area contributed by atoms with Crippen LogP contribution in [0.4, 0.5) is 17.6 Å². The maximum Gasteiger partial charge on any atom is 0.573 e. The van der Waals surface area contributed by atoms with Gasteiger partial charge < -0.3 is 23.7 Å². The molecule has 1 aliphatic rings. The fourth-order valence-corrected chi connectivity index (χ4v) is 2.61. The second-order valence-corrected chi connectivity index (χ2v) is 5.67. The Hall–Kier alpha value is -2.88. The molecule has 0 fully saturated rings. The van der Waals surface area contributed by atoms with Crippen molar-refractivity contribution >= 4 is 16.8 Å². The van der Waals surface area contributed by atoms with Crippen molar-refractivity contribution < 1.29 is 46.0 Å². The van der Waals surface area contributed by atoms with Crippen molar-refractivity contribution in [2.24, 2.45) is 0 Å². The summed E-state index contributed by atoms with van der Waals surface area (Å²) in [4.78, 5) is 11.7. The third kappa shape index (κ3) is 4.16. The highest BCUT2D eigenvalue weighted by atomic mass is 35.5. The van der Waals surface area contributed by atoms with Crippen LogP contribution in [0.5, 0.6) is 34.5 Å². The first-order valence-electron chi connectivity index (χ1n) is 7.63. The topological polar surface area (TPSA) is 63.2 Å². The second-order valence-electron chi connectivity index (χ2n) is 5.32. The smallest absolute Gasteiger partial charge is 0.493 e. The van der Waals surface area contributed by atoms with Crippen molar-refractivity contribution in [1.82, 2.24) is 0 Å². The van der Waals surface area contributed by atoms with E-state index in [2.05, 4.69) is 4.74 Å². The zero-order valence-corrected chi connectivity index (χ0v) is 14.8. The van der Waals surface area contributed by atoms with Gasteiger partial charge in [-0.1, -0.05) is 0 Å². The Balaban J connectivity index is 2.01. The molecule has 0 saturated carbocycles. The molecule has 11 heteroatoms. The van der Waals surface area contributed by atoms with E-state index >= 15 is 0 Å². The summed E-state index contributed by atoms with van der Waals surface area (Å²) in [5, 5.41) is -1.17. The van der Waals surface area contributed by atoms with E-state index in [9.17, 15) is 22.4 Å². The van der Waals surface area contributed by atoms with E-state index in [0.29, 0.717) is 0 Å². The predicted molar refractivity (Wildman–Crippen MR) is 87.3 cm³/mol. The maximum atomic E-state index is 14.6. The molecule has 2 aromatic carbocycles. The first-order chi connectivity index (χ1) is 13.2. The first-order valence-corrected chi connectivity index (χ1v) is 8.01. The Kier molecular flexibility index (Phi) is 5.41. The predicted octanol–water partition coefficient (Wildman–Crippen LogP) is 4.68. The zero-order chi connectivity index (χ0) is 20.5. The molecule has 0 spiro atoms. The molecule has 6 nitrogen and oxygen atoms in total. The van der Waals surface area contributed by atoms with E-state index in [0.717, 1.165) is 18.2 Å². The van der Waals surface area contributed by atoms with Gasteiger partial charge in [0, 0.05) is 12.1 Å². The van der Waals surface area contributed by atoms with E-state index in [1.54, 1.807) is 0 Å². The van der Waals surface area contributed by atoms with Gasteiger partial charge in [-0.3, -0.25) is 4.79 Å². The summed E-state index contributed by atoms with van der Waals surface area (Å²) in [5.41, 5.74) is -0.622. The van der Waals surface area contributed by atoms with Gasteiger partial charge in [0.1, 0.15) is 30.3 Å². The maximum absolute atomic E-state index is 14.6. The molecular formula is C17H11ClF4O6. The van der Waals surface area contributed by atoms with Crippen molar-refractivity contribution in [2.45, 2.75) is 6.36 Å². The summed E-state index contributed by atoms with van der Waals surface area (Å²) in [6.07, 6.45) is -4.90. The number of ether oxygens (including phenoxy) is 5. The lowest BCUT2D eigenvalue weighted by molar-refractivity contribution is -0.274. The largest absolute Gasteiger partial charge is 0.573 e. The van der Waals surface area contributed by atoms with Crippen LogP contribution < -0.4 is 23.7 Å². The Labute approximate surface area is 160 Å². The van der Waals surface area contributed by atoms with Gasteiger partial charge in [-0.15, -0.1) is 13.2 Å². The van der Waals surface area contributed by atoms with E-state index in [-0.39, 0.29) is 42.0 Å². The highest BCUT2D eigenvalue weighted by Gasteiger charge is 2.32. The minimum atomic E-state index is -4.90. The van der Waals surface area contributed by atoms with Gasteiger partial charge >= 0.3 is 6.36 Å². The van der Waals surface area contributed by atoms with Crippen LogP contribution in [0.1, 0.15) is 10.4 Å². The highest BCUT2D eigenvalue weighted by Crippen LogP contribution is 2.44. The van der Waals surface area contributed by atoms with E-state index in [1.807, 2.05) is 0 Å².